The normalized spacial score (nSPS) is 12.6. The Hall–Kier alpha value is -1.70. The van der Waals surface area contributed by atoms with Crippen LogP contribution in [0.4, 0.5) is 0 Å². The summed E-state index contributed by atoms with van der Waals surface area (Å²) >= 11 is 0. The maximum atomic E-state index is 11.9. The Labute approximate surface area is 117 Å². The van der Waals surface area contributed by atoms with Crippen LogP contribution in [0.25, 0.3) is 0 Å². The van der Waals surface area contributed by atoms with E-state index in [4.69, 9.17) is 10.2 Å². The van der Waals surface area contributed by atoms with Gasteiger partial charge in [-0.1, -0.05) is 18.2 Å². The number of sulfone groups is 1. The molecule has 1 aromatic carbocycles. The van der Waals surface area contributed by atoms with Crippen molar-refractivity contribution in [3.8, 4) is 0 Å². The van der Waals surface area contributed by atoms with Crippen LogP contribution < -0.4 is 5.32 Å². The van der Waals surface area contributed by atoms with E-state index in [2.05, 4.69) is 5.32 Å². The molecule has 0 unspecified atom stereocenters. The first kappa shape index (κ1) is 16.4. The summed E-state index contributed by atoms with van der Waals surface area (Å²) < 4.78 is 23.8. The number of carbonyl (C=O) groups is 1. The van der Waals surface area contributed by atoms with Crippen LogP contribution in [0.15, 0.2) is 46.7 Å². The molecule has 0 spiro atoms. The van der Waals surface area contributed by atoms with Crippen molar-refractivity contribution < 1.29 is 23.4 Å². The quantitative estimate of drug-likeness (QED) is 0.633. The Morgan fingerprint density at radius 2 is 1.80 bits per heavy atom. The SMILES string of the molecule is CC(CO)(CO)NC(=O)/C=C/S(=O)(=O)c1ccccc1. The molecule has 0 heterocycles. The highest BCUT2D eigenvalue weighted by Crippen LogP contribution is 2.11. The third-order valence-corrected chi connectivity index (χ3v) is 4.02. The van der Waals surface area contributed by atoms with Crippen LogP contribution in [-0.2, 0) is 14.6 Å². The van der Waals surface area contributed by atoms with E-state index in [1.54, 1.807) is 18.2 Å². The number of nitrogens with one attached hydrogen (secondary N) is 1. The molecule has 20 heavy (non-hydrogen) atoms. The van der Waals surface area contributed by atoms with Crippen molar-refractivity contribution in [3.63, 3.8) is 0 Å². The summed E-state index contributed by atoms with van der Waals surface area (Å²) in [5, 5.41) is 21.2. The van der Waals surface area contributed by atoms with E-state index in [-0.39, 0.29) is 4.90 Å². The van der Waals surface area contributed by atoms with Gasteiger partial charge >= 0.3 is 0 Å². The molecule has 0 aliphatic heterocycles. The summed E-state index contributed by atoms with van der Waals surface area (Å²) in [4.78, 5) is 11.6. The lowest BCUT2D eigenvalue weighted by molar-refractivity contribution is -0.119. The Morgan fingerprint density at radius 3 is 2.30 bits per heavy atom. The zero-order valence-corrected chi connectivity index (χ0v) is 11.8. The minimum Gasteiger partial charge on any atom is -0.394 e. The molecule has 0 radical (unpaired) electrons. The minimum absolute atomic E-state index is 0.0797. The molecular weight excluding hydrogens is 282 g/mol. The maximum Gasteiger partial charge on any atom is 0.245 e. The molecule has 1 amide bonds. The monoisotopic (exact) mass is 299 g/mol. The average molecular weight is 299 g/mol. The standard InChI is InChI=1S/C13H17NO5S/c1-13(9-15,10-16)14-12(17)7-8-20(18,19)11-5-3-2-4-6-11/h2-8,15-16H,9-10H2,1H3,(H,14,17)/b8-7+. The first-order valence-corrected chi connectivity index (χ1v) is 7.40. The average Bonchev–Trinajstić information content (AvgIpc) is 2.46. The van der Waals surface area contributed by atoms with Gasteiger partial charge in [-0.05, 0) is 19.1 Å². The summed E-state index contributed by atoms with van der Waals surface area (Å²) in [5.41, 5.74) is -1.20. The molecule has 1 rings (SSSR count). The van der Waals surface area contributed by atoms with E-state index in [0.29, 0.717) is 0 Å². The number of amides is 1. The van der Waals surface area contributed by atoms with E-state index in [1.165, 1.54) is 19.1 Å². The van der Waals surface area contributed by atoms with Crippen molar-refractivity contribution in [2.24, 2.45) is 0 Å². The second-order valence-electron chi connectivity index (χ2n) is 4.53. The topological polar surface area (TPSA) is 104 Å². The van der Waals surface area contributed by atoms with Gasteiger partial charge in [-0.15, -0.1) is 0 Å². The van der Waals surface area contributed by atoms with Crippen LogP contribution in [-0.4, -0.2) is 43.3 Å². The summed E-state index contributed by atoms with van der Waals surface area (Å²) in [5.74, 6) is -0.713. The largest absolute Gasteiger partial charge is 0.394 e. The Balaban J connectivity index is 2.80. The second-order valence-corrected chi connectivity index (χ2v) is 6.36. The van der Waals surface area contributed by atoms with Gasteiger partial charge in [0.1, 0.15) is 0 Å². The van der Waals surface area contributed by atoms with Crippen LogP contribution in [0.2, 0.25) is 0 Å². The first-order valence-electron chi connectivity index (χ1n) is 5.85. The number of hydrogen-bond donors (Lipinski definition) is 3. The van der Waals surface area contributed by atoms with Crippen molar-refractivity contribution in [2.45, 2.75) is 17.4 Å². The maximum absolute atomic E-state index is 11.9. The summed E-state index contributed by atoms with van der Waals surface area (Å²) in [6.45, 7) is 0.507. The van der Waals surface area contributed by atoms with Gasteiger partial charge in [0.25, 0.3) is 0 Å². The molecule has 0 aromatic heterocycles. The van der Waals surface area contributed by atoms with Crippen LogP contribution >= 0.6 is 0 Å². The number of hydrogen-bond acceptors (Lipinski definition) is 5. The Morgan fingerprint density at radius 1 is 1.25 bits per heavy atom. The van der Waals surface area contributed by atoms with E-state index in [9.17, 15) is 13.2 Å². The van der Waals surface area contributed by atoms with Gasteiger partial charge in [-0.2, -0.15) is 0 Å². The Bertz CT molecular complexity index is 576. The zero-order valence-electron chi connectivity index (χ0n) is 11.0. The van der Waals surface area contributed by atoms with Gasteiger partial charge in [0.15, 0.2) is 9.84 Å². The van der Waals surface area contributed by atoms with E-state index in [1.807, 2.05) is 0 Å². The van der Waals surface area contributed by atoms with E-state index < -0.39 is 34.5 Å². The van der Waals surface area contributed by atoms with Crippen molar-refractivity contribution in [1.29, 1.82) is 0 Å². The highest BCUT2D eigenvalue weighted by molar-refractivity contribution is 7.94. The number of rotatable bonds is 6. The molecule has 0 saturated carbocycles. The van der Waals surface area contributed by atoms with E-state index >= 15 is 0 Å². The van der Waals surface area contributed by atoms with Gasteiger partial charge < -0.3 is 15.5 Å². The molecule has 7 heteroatoms. The van der Waals surface area contributed by atoms with Gasteiger partial charge in [0.05, 0.1) is 23.6 Å². The lowest BCUT2D eigenvalue weighted by Crippen LogP contribution is -2.51. The second kappa shape index (κ2) is 6.65. The van der Waals surface area contributed by atoms with Gasteiger partial charge in [-0.25, -0.2) is 8.42 Å². The molecular formula is C13H17NO5S. The van der Waals surface area contributed by atoms with Crippen molar-refractivity contribution in [2.75, 3.05) is 13.2 Å². The van der Waals surface area contributed by atoms with Gasteiger partial charge in [0.2, 0.25) is 5.91 Å². The smallest absolute Gasteiger partial charge is 0.245 e. The molecule has 0 atom stereocenters. The third kappa shape index (κ3) is 4.44. The number of carbonyl (C=O) groups excluding carboxylic acids is 1. The van der Waals surface area contributed by atoms with Crippen LogP contribution in [0.1, 0.15) is 6.92 Å². The third-order valence-electron chi connectivity index (χ3n) is 2.59. The summed E-state index contributed by atoms with van der Waals surface area (Å²) in [7, 11) is -3.69. The summed E-state index contributed by atoms with van der Waals surface area (Å²) in [6, 6.07) is 7.68. The zero-order chi connectivity index (χ0) is 15.2. The highest BCUT2D eigenvalue weighted by Gasteiger charge is 2.23. The first-order chi connectivity index (χ1) is 9.33. The van der Waals surface area contributed by atoms with Gasteiger partial charge in [-0.3, -0.25) is 4.79 Å². The van der Waals surface area contributed by atoms with Crippen LogP contribution in [0.5, 0.6) is 0 Å². The highest BCUT2D eigenvalue weighted by atomic mass is 32.2. The molecule has 0 aliphatic rings. The van der Waals surface area contributed by atoms with E-state index in [0.717, 1.165) is 11.5 Å². The molecule has 110 valence electrons. The predicted octanol–water partition coefficient (Wildman–Crippen LogP) is -0.167. The number of aliphatic hydroxyl groups is 2. The van der Waals surface area contributed by atoms with Crippen molar-refractivity contribution >= 4 is 15.7 Å². The lowest BCUT2D eigenvalue weighted by Gasteiger charge is -2.25. The number of aliphatic hydroxyl groups excluding tert-OH is 2. The molecule has 1 aromatic rings. The molecule has 3 N–H and O–H groups in total. The molecule has 0 saturated heterocycles. The molecule has 6 nitrogen and oxygen atoms in total. The minimum atomic E-state index is -3.69. The van der Waals surface area contributed by atoms with Crippen LogP contribution in [0.3, 0.4) is 0 Å². The molecule has 0 bridgehead atoms. The Kier molecular flexibility index (Phi) is 5.43. The lowest BCUT2D eigenvalue weighted by atomic mass is 10.1. The van der Waals surface area contributed by atoms with Crippen LogP contribution in [0, 0.1) is 0 Å². The van der Waals surface area contributed by atoms with Crippen molar-refractivity contribution in [1.82, 2.24) is 5.32 Å². The van der Waals surface area contributed by atoms with Gasteiger partial charge in [0, 0.05) is 11.5 Å². The summed E-state index contributed by atoms with van der Waals surface area (Å²) in [6.07, 6.45) is 0.853. The molecule has 0 fully saturated rings. The fourth-order valence-corrected chi connectivity index (χ4v) is 2.30. The fourth-order valence-electron chi connectivity index (χ4n) is 1.31. The molecule has 0 aliphatic carbocycles. The predicted molar refractivity (Wildman–Crippen MR) is 73.5 cm³/mol. The number of benzene rings is 1. The van der Waals surface area contributed by atoms with Crippen molar-refractivity contribution in [3.05, 3.63) is 41.8 Å². The fraction of sp³-hybridized carbons (Fsp3) is 0.308.